The first kappa shape index (κ1) is 19.8. The van der Waals surface area contributed by atoms with Crippen LogP contribution in [0.3, 0.4) is 0 Å². The lowest BCUT2D eigenvalue weighted by Crippen LogP contribution is -2.25. The molecule has 0 radical (unpaired) electrons. The average Bonchev–Trinajstić information content (AvgIpc) is 3.40. The van der Waals surface area contributed by atoms with E-state index in [4.69, 9.17) is 18.7 Å². The van der Waals surface area contributed by atoms with Crippen LogP contribution in [0.2, 0.25) is 0 Å². The summed E-state index contributed by atoms with van der Waals surface area (Å²) in [6.45, 7) is 2.45. The minimum atomic E-state index is -0.162. The van der Waals surface area contributed by atoms with Crippen LogP contribution in [0.1, 0.15) is 23.7 Å². The van der Waals surface area contributed by atoms with E-state index in [-0.39, 0.29) is 11.8 Å². The second-order valence-corrected chi connectivity index (χ2v) is 7.08. The van der Waals surface area contributed by atoms with Gasteiger partial charge in [0.25, 0.3) is 5.89 Å². The molecule has 0 spiro atoms. The quantitative estimate of drug-likeness (QED) is 0.615. The largest absolute Gasteiger partial charge is 0.497 e. The van der Waals surface area contributed by atoms with E-state index in [1.807, 2.05) is 25.1 Å². The number of anilines is 1. The van der Waals surface area contributed by atoms with Crippen molar-refractivity contribution < 1.29 is 23.5 Å². The van der Waals surface area contributed by atoms with E-state index >= 15 is 0 Å². The highest BCUT2D eigenvalue weighted by Crippen LogP contribution is 2.36. The number of hydrogen-bond donors (Lipinski definition) is 0. The van der Waals surface area contributed by atoms with Crippen molar-refractivity contribution >= 4 is 11.6 Å². The predicted octanol–water partition coefficient (Wildman–Crippen LogP) is 3.59. The summed E-state index contributed by atoms with van der Waals surface area (Å²) in [6, 6.07) is 11.1. The first-order valence-corrected chi connectivity index (χ1v) is 9.55. The fraction of sp³-hybridized carbons (Fsp3) is 0.318. The standard InChI is InChI=1S/C22H23N3O5/c1-13-5-6-15(27-2)10-18(13)25-12-14(9-20(25)26)21-23-22(30-24-21)17-8-7-16(28-3)11-19(17)29-4/h5-8,10-11,14H,9,12H2,1-4H3. The van der Waals surface area contributed by atoms with Gasteiger partial charge in [-0.2, -0.15) is 4.98 Å². The Hall–Kier alpha value is -3.55. The molecular weight excluding hydrogens is 386 g/mol. The van der Waals surface area contributed by atoms with Crippen molar-refractivity contribution in [2.75, 3.05) is 32.8 Å². The maximum Gasteiger partial charge on any atom is 0.261 e. The van der Waals surface area contributed by atoms with Gasteiger partial charge in [0.05, 0.1) is 32.6 Å². The van der Waals surface area contributed by atoms with Gasteiger partial charge in [-0.05, 0) is 30.7 Å². The van der Waals surface area contributed by atoms with Gasteiger partial charge >= 0.3 is 0 Å². The number of methoxy groups -OCH3 is 3. The molecular formula is C22H23N3O5. The number of aryl methyl sites for hydroxylation is 1. The molecule has 4 rings (SSSR count). The van der Waals surface area contributed by atoms with Crippen molar-refractivity contribution in [1.29, 1.82) is 0 Å². The number of carbonyl (C=O) groups excluding carboxylic acids is 1. The summed E-state index contributed by atoms with van der Waals surface area (Å²) in [5.74, 6) is 2.64. The Labute approximate surface area is 174 Å². The van der Waals surface area contributed by atoms with Gasteiger partial charge in [0.2, 0.25) is 5.91 Å². The van der Waals surface area contributed by atoms with E-state index in [0.717, 1.165) is 11.3 Å². The van der Waals surface area contributed by atoms with Crippen molar-refractivity contribution in [1.82, 2.24) is 10.1 Å². The Morgan fingerprint density at radius 1 is 1.03 bits per heavy atom. The van der Waals surface area contributed by atoms with Gasteiger partial charge in [-0.15, -0.1) is 0 Å². The maximum absolute atomic E-state index is 12.7. The molecule has 1 aliphatic heterocycles. The van der Waals surface area contributed by atoms with Crippen LogP contribution in [0.5, 0.6) is 17.2 Å². The molecule has 8 nitrogen and oxygen atoms in total. The van der Waals surface area contributed by atoms with Crippen LogP contribution in [0, 0.1) is 6.92 Å². The molecule has 1 atom stereocenters. The van der Waals surface area contributed by atoms with E-state index in [2.05, 4.69) is 10.1 Å². The lowest BCUT2D eigenvalue weighted by atomic mass is 10.1. The number of hydrogen-bond acceptors (Lipinski definition) is 7. The van der Waals surface area contributed by atoms with Crippen molar-refractivity contribution in [2.45, 2.75) is 19.3 Å². The van der Waals surface area contributed by atoms with Gasteiger partial charge in [-0.25, -0.2) is 0 Å². The zero-order valence-electron chi connectivity index (χ0n) is 17.3. The molecule has 1 aromatic heterocycles. The molecule has 0 N–H and O–H groups in total. The zero-order chi connectivity index (χ0) is 21.3. The normalized spacial score (nSPS) is 16.1. The summed E-state index contributed by atoms with van der Waals surface area (Å²) >= 11 is 0. The SMILES string of the molecule is COc1ccc(-c2nc(C3CC(=O)N(c4cc(OC)ccc4C)C3)no2)c(OC)c1. The zero-order valence-corrected chi connectivity index (χ0v) is 17.3. The highest BCUT2D eigenvalue weighted by molar-refractivity contribution is 5.97. The number of benzene rings is 2. The van der Waals surface area contributed by atoms with Gasteiger partial charge in [-0.3, -0.25) is 4.79 Å². The van der Waals surface area contributed by atoms with Crippen LogP contribution in [0.4, 0.5) is 5.69 Å². The minimum Gasteiger partial charge on any atom is -0.497 e. The number of rotatable bonds is 6. The van der Waals surface area contributed by atoms with E-state index in [0.29, 0.717) is 47.5 Å². The Bertz CT molecular complexity index is 1080. The summed E-state index contributed by atoms with van der Waals surface area (Å²) in [6.07, 6.45) is 0.315. The number of aromatic nitrogens is 2. The monoisotopic (exact) mass is 409 g/mol. The van der Waals surface area contributed by atoms with Crippen molar-refractivity contribution in [3.05, 3.63) is 47.8 Å². The lowest BCUT2D eigenvalue weighted by Gasteiger charge is -2.19. The molecule has 1 amide bonds. The summed E-state index contributed by atoms with van der Waals surface area (Å²) in [7, 11) is 4.77. The van der Waals surface area contributed by atoms with E-state index < -0.39 is 0 Å². The van der Waals surface area contributed by atoms with E-state index in [1.54, 1.807) is 44.4 Å². The van der Waals surface area contributed by atoms with Crippen LogP contribution < -0.4 is 19.1 Å². The molecule has 2 aromatic carbocycles. The Balaban J connectivity index is 1.59. The van der Waals surface area contributed by atoms with E-state index in [1.165, 1.54) is 0 Å². The molecule has 3 aromatic rings. The third-order valence-electron chi connectivity index (χ3n) is 5.28. The van der Waals surface area contributed by atoms with Gasteiger partial charge in [0.15, 0.2) is 5.82 Å². The first-order chi connectivity index (χ1) is 14.5. The number of ether oxygens (including phenoxy) is 3. The molecule has 0 bridgehead atoms. The molecule has 0 saturated carbocycles. The smallest absolute Gasteiger partial charge is 0.261 e. The Kier molecular flexibility index (Phi) is 5.31. The second-order valence-electron chi connectivity index (χ2n) is 7.08. The van der Waals surface area contributed by atoms with Crippen LogP contribution in [0.15, 0.2) is 40.9 Å². The first-order valence-electron chi connectivity index (χ1n) is 9.55. The molecule has 0 aliphatic carbocycles. The molecule has 1 aliphatic rings. The third-order valence-corrected chi connectivity index (χ3v) is 5.28. The van der Waals surface area contributed by atoms with Crippen molar-refractivity contribution in [2.24, 2.45) is 0 Å². The molecule has 1 fully saturated rings. The second kappa shape index (κ2) is 8.06. The molecule has 30 heavy (non-hydrogen) atoms. The maximum atomic E-state index is 12.7. The van der Waals surface area contributed by atoms with Crippen LogP contribution in [-0.2, 0) is 4.79 Å². The summed E-state index contributed by atoms with van der Waals surface area (Å²) in [5, 5.41) is 4.13. The van der Waals surface area contributed by atoms with Crippen molar-refractivity contribution in [3.63, 3.8) is 0 Å². The molecule has 156 valence electrons. The van der Waals surface area contributed by atoms with Crippen LogP contribution >= 0.6 is 0 Å². The minimum absolute atomic E-state index is 0.0183. The lowest BCUT2D eigenvalue weighted by molar-refractivity contribution is -0.117. The summed E-state index contributed by atoms with van der Waals surface area (Å²) in [5.41, 5.74) is 2.51. The van der Waals surface area contributed by atoms with Gasteiger partial charge in [-0.1, -0.05) is 11.2 Å². The van der Waals surface area contributed by atoms with E-state index in [9.17, 15) is 4.79 Å². The fourth-order valence-corrected chi connectivity index (χ4v) is 3.61. The summed E-state index contributed by atoms with van der Waals surface area (Å²) in [4.78, 5) is 19.0. The Morgan fingerprint density at radius 3 is 2.50 bits per heavy atom. The molecule has 2 heterocycles. The van der Waals surface area contributed by atoms with Crippen molar-refractivity contribution in [3.8, 4) is 28.7 Å². The number of carbonyl (C=O) groups is 1. The third kappa shape index (κ3) is 3.56. The van der Waals surface area contributed by atoms with Crippen LogP contribution in [0.25, 0.3) is 11.5 Å². The average molecular weight is 409 g/mol. The molecule has 8 heteroatoms. The fourth-order valence-electron chi connectivity index (χ4n) is 3.61. The highest BCUT2D eigenvalue weighted by atomic mass is 16.5. The summed E-state index contributed by atoms with van der Waals surface area (Å²) < 4.78 is 21.4. The molecule has 1 unspecified atom stereocenters. The van der Waals surface area contributed by atoms with Gasteiger partial charge in [0, 0.05) is 31.0 Å². The van der Waals surface area contributed by atoms with Gasteiger partial charge in [0.1, 0.15) is 17.2 Å². The molecule has 1 saturated heterocycles. The topological polar surface area (TPSA) is 86.9 Å². The number of amides is 1. The van der Waals surface area contributed by atoms with Crippen LogP contribution in [-0.4, -0.2) is 43.9 Å². The number of nitrogens with zero attached hydrogens (tertiary/aromatic N) is 3. The van der Waals surface area contributed by atoms with Gasteiger partial charge < -0.3 is 23.6 Å². The highest BCUT2D eigenvalue weighted by Gasteiger charge is 2.35. The predicted molar refractivity (Wildman–Crippen MR) is 110 cm³/mol. The Morgan fingerprint density at radius 2 is 1.77 bits per heavy atom.